The molecule has 0 unspecified atom stereocenters. The van der Waals surface area contributed by atoms with Gasteiger partial charge in [0.05, 0.1) is 0 Å². The van der Waals surface area contributed by atoms with Gasteiger partial charge in [-0.1, -0.05) is 0 Å². The van der Waals surface area contributed by atoms with Gasteiger partial charge < -0.3 is 0 Å². The van der Waals surface area contributed by atoms with Crippen LogP contribution in [0.5, 0.6) is 0 Å². The van der Waals surface area contributed by atoms with E-state index in [1.54, 1.807) is 0 Å². The predicted molar refractivity (Wildman–Crippen MR) is 41.8 cm³/mol. The first-order valence-electron chi connectivity index (χ1n) is 3.56. The Labute approximate surface area is 84.9 Å². The first-order chi connectivity index (χ1) is 7.54. The Bertz CT molecular complexity index is 467. The number of nitrogens with zero attached hydrogens (tertiary/aromatic N) is 2. The molecule has 0 spiro atoms. The second-order valence-corrected chi connectivity index (χ2v) is 2.36. The van der Waals surface area contributed by atoms with Gasteiger partial charge in [0, 0.05) is 0 Å². The average molecular weight is 232 g/mol. The highest BCUT2D eigenvalue weighted by Crippen LogP contribution is 2.34. The molecule has 0 aliphatic rings. The van der Waals surface area contributed by atoms with E-state index in [0.29, 0.717) is 0 Å². The molecule has 0 heterocycles. The van der Waals surface area contributed by atoms with Crippen LogP contribution in [0, 0.1) is 23.3 Å². The summed E-state index contributed by atoms with van der Waals surface area (Å²) in [6.07, 6.45) is 1.45. The molecular weight excluding hydrogens is 232 g/mol. The fourth-order valence-electron chi connectivity index (χ4n) is 0.896. The minimum atomic E-state index is -1.95. The summed E-state index contributed by atoms with van der Waals surface area (Å²) >= 11 is 0. The van der Waals surface area contributed by atoms with Gasteiger partial charge in [-0.05, 0) is 0 Å². The Kier molecular flexibility index (Phi) is 3.30. The first kappa shape index (κ1) is 11.8. The lowest BCUT2D eigenvalue weighted by Crippen LogP contribution is -1.95. The second kappa shape index (κ2) is 4.48. The summed E-state index contributed by atoms with van der Waals surface area (Å²) < 4.78 is 51.9. The van der Waals surface area contributed by atoms with Gasteiger partial charge >= 0.3 is 0 Å². The maximum atomic E-state index is 13.0. The van der Waals surface area contributed by atoms with Gasteiger partial charge in [-0.25, -0.2) is 27.2 Å². The first-order valence-corrected chi connectivity index (χ1v) is 3.56. The highest BCUT2D eigenvalue weighted by Gasteiger charge is 2.25. The molecule has 0 N–H and O–H groups in total. The predicted octanol–water partition coefficient (Wildman–Crippen LogP) is 2.18. The van der Waals surface area contributed by atoms with Crippen molar-refractivity contribution in [2.24, 2.45) is 9.98 Å². The van der Waals surface area contributed by atoms with E-state index in [2.05, 4.69) is 9.98 Å². The second-order valence-electron chi connectivity index (χ2n) is 2.36. The van der Waals surface area contributed by atoms with Crippen LogP contribution in [0.4, 0.5) is 28.9 Å². The van der Waals surface area contributed by atoms with Crippen LogP contribution in [0.2, 0.25) is 0 Å². The van der Waals surface area contributed by atoms with Crippen molar-refractivity contribution in [3.8, 4) is 0 Å². The SMILES string of the molecule is O=C=Nc1c(F)c(F)c(N=C=O)c(F)c1F. The van der Waals surface area contributed by atoms with Crippen molar-refractivity contribution in [1.82, 2.24) is 0 Å². The van der Waals surface area contributed by atoms with Crippen molar-refractivity contribution in [2.45, 2.75) is 0 Å². The summed E-state index contributed by atoms with van der Waals surface area (Å²) in [5.74, 6) is -7.79. The van der Waals surface area contributed by atoms with E-state index in [4.69, 9.17) is 0 Å². The number of hydrogen-bond donors (Lipinski definition) is 0. The quantitative estimate of drug-likeness (QED) is 0.339. The molecule has 0 atom stereocenters. The largest absolute Gasteiger partial charge is 0.240 e. The molecule has 8 heteroatoms. The van der Waals surface area contributed by atoms with Crippen molar-refractivity contribution in [3.05, 3.63) is 23.3 Å². The van der Waals surface area contributed by atoms with E-state index in [-0.39, 0.29) is 0 Å². The lowest BCUT2D eigenvalue weighted by molar-refractivity contribution is 0.460. The lowest BCUT2D eigenvalue weighted by Gasteiger charge is -2.03. The highest BCUT2D eigenvalue weighted by molar-refractivity contribution is 5.59. The third-order valence-corrected chi connectivity index (χ3v) is 1.53. The smallest absolute Gasteiger partial charge is 0.211 e. The molecule has 1 rings (SSSR count). The molecule has 0 aliphatic carbocycles. The van der Waals surface area contributed by atoms with Crippen LogP contribution in [0.25, 0.3) is 0 Å². The molecule has 1 aromatic rings. The van der Waals surface area contributed by atoms with Crippen LogP contribution < -0.4 is 0 Å². The van der Waals surface area contributed by atoms with Crippen LogP contribution in [0.3, 0.4) is 0 Å². The number of halogens is 4. The lowest BCUT2D eigenvalue weighted by atomic mass is 10.2. The van der Waals surface area contributed by atoms with Crippen molar-refractivity contribution < 1.29 is 27.2 Å². The number of aliphatic imine (C=N–C) groups is 2. The fraction of sp³-hybridized carbons (Fsp3) is 0. The number of carbonyl (C=O) groups excluding carboxylic acids is 2. The molecule has 0 fully saturated rings. The summed E-state index contributed by atoms with van der Waals surface area (Å²) in [5.41, 5.74) is -2.95. The van der Waals surface area contributed by atoms with Gasteiger partial charge in [0.1, 0.15) is 0 Å². The Morgan fingerprint density at radius 2 is 0.938 bits per heavy atom. The minimum Gasteiger partial charge on any atom is -0.211 e. The average Bonchev–Trinajstić information content (AvgIpc) is 2.28. The number of hydrogen-bond acceptors (Lipinski definition) is 4. The van der Waals surface area contributed by atoms with Gasteiger partial charge in [-0.15, -0.1) is 0 Å². The number of benzene rings is 1. The minimum absolute atomic E-state index is 0.725. The van der Waals surface area contributed by atoms with Gasteiger partial charge in [0.15, 0.2) is 34.6 Å². The molecule has 16 heavy (non-hydrogen) atoms. The monoisotopic (exact) mass is 232 g/mol. The maximum absolute atomic E-state index is 13.0. The summed E-state index contributed by atoms with van der Waals surface area (Å²) in [6, 6.07) is 0. The van der Waals surface area contributed by atoms with E-state index in [1.807, 2.05) is 0 Å². The van der Waals surface area contributed by atoms with Crippen molar-refractivity contribution in [3.63, 3.8) is 0 Å². The van der Waals surface area contributed by atoms with Gasteiger partial charge in [-0.2, -0.15) is 9.98 Å². The molecular formula is C8F4N2O2. The van der Waals surface area contributed by atoms with Gasteiger partial charge in [-0.3, -0.25) is 0 Å². The van der Waals surface area contributed by atoms with Crippen LogP contribution in [-0.2, 0) is 9.59 Å². The topological polar surface area (TPSA) is 58.9 Å². The molecule has 0 aliphatic heterocycles. The number of isocyanates is 2. The third kappa shape index (κ3) is 1.75. The summed E-state index contributed by atoms with van der Waals surface area (Å²) in [4.78, 5) is 24.4. The standard InChI is InChI=1S/C8F4N2O2/c9-3-5(11)8(14-2-16)6(12)4(10)7(3)13-1-15. The van der Waals surface area contributed by atoms with Crippen molar-refractivity contribution in [1.29, 1.82) is 0 Å². The zero-order chi connectivity index (χ0) is 12.3. The van der Waals surface area contributed by atoms with E-state index in [9.17, 15) is 27.2 Å². The van der Waals surface area contributed by atoms with E-state index >= 15 is 0 Å². The molecule has 82 valence electrons. The molecule has 1 aromatic carbocycles. The van der Waals surface area contributed by atoms with Crippen molar-refractivity contribution in [2.75, 3.05) is 0 Å². The van der Waals surface area contributed by atoms with Crippen LogP contribution in [-0.4, -0.2) is 12.2 Å². The van der Waals surface area contributed by atoms with E-state index in [0.717, 1.165) is 12.2 Å². The van der Waals surface area contributed by atoms with Gasteiger partial charge in [0.25, 0.3) is 0 Å². The molecule has 0 saturated heterocycles. The molecule has 0 bridgehead atoms. The summed E-state index contributed by atoms with van der Waals surface area (Å²) in [7, 11) is 0. The molecule has 0 saturated carbocycles. The Morgan fingerprint density at radius 1 is 0.688 bits per heavy atom. The van der Waals surface area contributed by atoms with E-state index < -0.39 is 34.6 Å². The maximum Gasteiger partial charge on any atom is 0.240 e. The number of rotatable bonds is 2. The highest BCUT2D eigenvalue weighted by atomic mass is 19.2. The summed E-state index contributed by atoms with van der Waals surface area (Å²) in [5, 5.41) is 0. The normalized spacial score (nSPS) is 9.25. The zero-order valence-electron chi connectivity index (χ0n) is 7.22. The van der Waals surface area contributed by atoms with Gasteiger partial charge in [0.2, 0.25) is 12.2 Å². The Balaban J connectivity index is 3.75. The van der Waals surface area contributed by atoms with Crippen LogP contribution in [0.1, 0.15) is 0 Å². The molecule has 0 radical (unpaired) electrons. The van der Waals surface area contributed by atoms with Crippen LogP contribution in [0.15, 0.2) is 9.98 Å². The molecule has 4 nitrogen and oxygen atoms in total. The van der Waals surface area contributed by atoms with E-state index in [1.165, 1.54) is 0 Å². The summed E-state index contributed by atoms with van der Waals surface area (Å²) in [6.45, 7) is 0. The molecule has 0 amide bonds. The third-order valence-electron chi connectivity index (χ3n) is 1.53. The molecule has 0 aromatic heterocycles. The van der Waals surface area contributed by atoms with Crippen LogP contribution >= 0.6 is 0 Å². The fourth-order valence-corrected chi connectivity index (χ4v) is 0.896. The van der Waals surface area contributed by atoms with Crippen molar-refractivity contribution >= 4 is 23.5 Å². The Hall–Kier alpha value is -2.30. The zero-order valence-corrected chi connectivity index (χ0v) is 7.22. The Morgan fingerprint density at radius 3 is 1.12 bits per heavy atom.